The van der Waals surface area contributed by atoms with Crippen LogP contribution in [0.1, 0.15) is 10.6 Å². The predicted molar refractivity (Wildman–Crippen MR) is 52.8 cm³/mol. The van der Waals surface area contributed by atoms with Gasteiger partial charge in [0.05, 0.1) is 6.26 Å². The number of aromatic carboxylic acids is 1. The molecule has 1 aromatic carbocycles. The number of aromatic hydroxyl groups is 1. The first-order valence-electron chi connectivity index (χ1n) is 4.28. The van der Waals surface area contributed by atoms with Crippen molar-refractivity contribution in [3.8, 4) is 16.9 Å². The van der Waals surface area contributed by atoms with Crippen LogP contribution in [0.3, 0.4) is 0 Å². The van der Waals surface area contributed by atoms with Crippen LogP contribution in [0.5, 0.6) is 5.75 Å². The zero-order valence-electron chi connectivity index (χ0n) is 7.68. The summed E-state index contributed by atoms with van der Waals surface area (Å²) in [6, 6.07) is 7.90. The summed E-state index contributed by atoms with van der Waals surface area (Å²) in [5.41, 5.74) is 1.07. The van der Waals surface area contributed by atoms with Crippen molar-refractivity contribution in [2.75, 3.05) is 0 Å². The smallest absolute Gasteiger partial charge is 0.372 e. The molecule has 0 aliphatic carbocycles. The topological polar surface area (TPSA) is 70.7 Å². The van der Waals surface area contributed by atoms with Gasteiger partial charge in [0.25, 0.3) is 0 Å². The first-order chi connectivity index (χ1) is 7.18. The van der Waals surface area contributed by atoms with Crippen LogP contribution in [0.25, 0.3) is 11.1 Å². The second kappa shape index (κ2) is 3.49. The van der Waals surface area contributed by atoms with Crippen molar-refractivity contribution in [3.63, 3.8) is 0 Å². The molecular formula is C11H8O4. The second-order valence-corrected chi connectivity index (χ2v) is 3.02. The standard InChI is InChI=1S/C11H8O4/c12-8-3-1-2-7(6-8)9-4-5-15-10(9)11(13)14/h1-6,12H,(H,13,14). The van der Waals surface area contributed by atoms with E-state index in [0.29, 0.717) is 11.1 Å². The first kappa shape index (κ1) is 9.33. The summed E-state index contributed by atoms with van der Waals surface area (Å²) < 4.78 is 4.84. The Hall–Kier alpha value is -2.23. The molecular weight excluding hydrogens is 196 g/mol. The number of benzene rings is 1. The quantitative estimate of drug-likeness (QED) is 0.787. The summed E-state index contributed by atoms with van der Waals surface area (Å²) in [5.74, 6) is -1.16. The summed E-state index contributed by atoms with van der Waals surface area (Å²) in [7, 11) is 0. The second-order valence-electron chi connectivity index (χ2n) is 3.02. The van der Waals surface area contributed by atoms with Crippen molar-refractivity contribution in [2.45, 2.75) is 0 Å². The van der Waals surface area contributed by atoms with E-state index in [1.807, 2.05) is 0 Å². The molecule has 4 nitrogen and oxygen atoms in total. The minimum atomic E-state index is -1.13. The van der Waals surface area contributed by atoms with Gasteiger partial charge in [-0.1, -0.05) is 12.1 Å². The van der Waals surface area contributed by atoms with Crippen LogP contribution in [0, 0.1) is 0 Å². The van der Waals surface area contributed by atoms with Crippen molar-refractivity contribution in [1.82, 2.24) is 0 Å². The lowest BCUT2D eigenvalue weighted by atomic mass is 10.1. The number of phenolic OH excluding ortho intramolecular Hbond substituents is 1. The number of carboxylic acids is 1. The van der Waals surface area contributed by atoms with Gasteiger partial charge in [-0.05, 0) is 23.8 Å². The maximum atomic E-state index is 10.8. The predicted octanol–water partition coefficient (Wildman–Crippen LogP) is 2.35. The Bertz CT molecular complexity index is 499. The van der Waals surface area contributed by atoms with E-state index in [4.69, 9.17) is 9.52 Å². The van der Waals surface area contributed by atoms with Crippen molar-refractivity contribution in [2.24, 2.45) is 0 Å². The summed E-state index contributed by atoms with van der Waals surface area (Å²) in [5, 5.41) is 18.1. The molecule has 0 saturated carbocycles. The fourth-order valence-electron chi connectivity index (χ4n) is 1.38. The van der Waals surface area contributed by atoms with Crippen LogP contribution >= 0.6 is 0 Å². The van der Waals surface area contributed by atoms with Gasteiger partial charge >= 0.3 is 5.97 Å². The normalized spacial score (nSPS) is 10.1. The first-order valence-corrected chi connectivity index (χ1v) is 4.28. The third kappa shape index (κ3) is 1.69. The molecule has 76 valence electrons. The third-order valence-corrected chi connectivity index (χ3v) is 2.02. The van der Waals surface area contributed by atoms with E-state index >= 15 is 0 Å². The molecule has 0 bridgehead atoms. The van der Waals surface area contributed by atoms with Gasteiger partial charge in [0.2, 0.25) is 5.76 Å². The molecule has 0 aliphatic rings. The van der Waals surface area contributed by atoms with E-state index in [1.165, 1.54) is 18.4 Å². The average molecular weight is 204 g/mol. The molecule has 1 heterocycles. The molecule has 0 radical (unpaired) electrons. The molecule has 1 aromatic heterocycles. The van der Waals surface area contributed by atoms with E-state index in [-0.39, 0.29) is 11.5 Å². The van der Waals surface area contributed by atoms with E-state index in [1.54, 1.807) is 18.2 Å². The average Bonchev–Trinajstić information content (AvgIpc) is 2.65. The molecule has 2 N–H and O–H groups in total. The lowest BCUT2D eigenvalue weighted by Crippen LogP contribution is -1.95. The Morgan fingerprint density at radius 3 is 2.73 bits per heavy atom. The van der Waals surface area contributed by atoms with E-state index in [9.17, 15) is 9.90 Å². The number of hydrogen-bond donors (Lipinski definition) is 2. The minimum absolute atomic E-state index is 0.0880. The Morgan fingerprint density at radius 2 is 2.07 bits per heavy atom. The zero-order chi connectivity index (χ0) is 10.8. The molecule has 4 heteroatoms. The maximum Gasteiger partial charge on any atom is 0.372 e. The van der Waals surface area contributed by atoms with Gasteiger partial charge in [0.1, 0.15) is 5.75 Å². The summed E-state index contributed by atoms with van der Waals surface area (Å²) in [6.07, 6.45) is 1.31. The zero-order valence-corrected chi connectivity index (χ0v) is 7.68. The number of carbonyl (C=O) groups is 1. The van der Waals surface area contributed by atoms with Crippen LogP contribution in [-0.4, -0.2) is 16.2 Å². The highest BCUT2D eigenvalue weighted by molar-refractivity contribution is 5.93. The Labute approximate surface area is 85.4 Å². The van der Waals surface area contributed by atoms with Crippen LogP contribution in [0.2, 0.25) is 0 Å². The number of phenols is 1. The molecule has 0 unspecified atom stereocenters. The summed E-state index contributed by atoms with van der Waals surface area (Å²) >= 11 is 0. The minimum Gasteiger partial charge on any atom is -0.508 e. The maximum absolute atomic E-state index is 10.8. The van der Waals surface area contributed by atoms with E-state index < -0.39 is 5.97 Å². The van der Waals surface area contributed by atoms with Crippen molar-refractivity contribution < 1.29 is 19.4 Å². The lowest BCUT2D eigenvalue weighted by molar-refractivity contribution is 0.0663. The molecule has 0 fully saturated rings. The van der Waals surface area contributed by atoms with E-state index in [0.717, 1.165) is 0 Å². The Kier molecular flexibility index (Phi) is 2.17. The molecule has 2 aromatic rings. The summed E-state index contributed by atoms with van der Waals surface area (Å²) in [6.45, 7) is 0. The van der Waals surface area contributed by atoms with Gasteiger partial charge in [0.15, 0.2) is 0 Å². The van der Waals surface area contributed by atoms with Crippen molar-refractivity contribution >= 4 is 5.97 Å². The molecule has 2 rings (SSSR count). The Morgan fingerprint density at radius 1 is 1.27 bits per heavy atom. The fourth-order valence-corrected chi connectivity index (χ4v) is 1.38. The molecule has 15 heavy (non-hydrogen) atoms. The third-order valence-electron chi connectivity index (χ3n) is 2.02. The van der Waals surface area contributed by atoms with Crippen LogP contribution in [0.4, 0.5) is 0 Å². The molecule has 0 aliphatic heterocycles. The number of hydrogen-bond acceptors (Lipinski definition) is 3. The largest absolute Gasteiger partial charge is 0.508 e. The number of rotatable bonds is 2. The van der Waals surface area contributed by atoms with Crippen LogP contribution < -0.4 is 0 Å². The van der Waals surface area contributed by atoms with Gasteiger partial charge in [-0.15, -0.1) is 0 Å². The van der Waals surface area contributed by atoms with Gasteiger partial charge in [-0.3, -0.25) is 0 Å². The molecule has 0 saturated heterocycles. The number of furan rings is 1. The summed E-state index contributed by atoms with van der Waals surface area (Å²) in [4.78, 5) is 10.8. The van der Waals surface area contributed by atoms with Crippen molar-refractivity contribution in [1.29, 1.82) is 0 Å². The van der Waals surface area contributed by atoms with Gasteiger partial charge in [-0.2, -0.15) is 0 Å². The number of carboxylic acid groups (broad SMARTS) is 1. The highest BCUT2D eigenvalue weighted by Gasteiger charge is 2.15. The SMILES string of the molecule is O=C(O)c1occc1-c1cccc(O)c1. The van der Waals surface area contributed by atoms with Gasteiger partial charge in [0, 0.05) is 5.56 Å². The lowest BCUT2D eigenvalue weighted by Gasteiger charge is -1.99. The monoisotopic (exact) mass is 204 g/mol. The van der Waals surface area contributed by atoms with Crippen LogP contribution in [-0.2, 0) is 0 Å². The molecule has 0 spiro atoms. The highest BCUT2D eigenvalue weighted by Crippen LogP contribution is 2.27. The van der Waals surface area contributed by atoms with Crippen molar-refractivity contribution in [3.05, 3.63) is 42.4 Å². The molecule has 0 atom stereocenters. The highest BCUT2D eigenvalue weighted by atomic mass is 16.4. The Balaban J connectivity index is 2.54. The van der Waals surface area contributed by atoms with Crippen LogP contribution in [0.15, 0.2) is 41.0 Å². The van der Waals surface area contributed by atoms with E-state index in [2.05, 4.69) is 0 Å². The van der Waals surface area contributed by atoms with Gasteiger partial charge in [-0.25, -0.2) is 4.79 Å². The van der Waals surface area contributed by atoms with Gasteiger partial charge < -0.3 is 14.6 Å². The fraction of sp³-hybridized carbons (Fsp3) is 0. The molecule has 0 amide bonds.